The third kappa shape index (κ3) is 17.7. The molecule has 0 radical (unpaired) electrons. The van der Waals surface area contributed by atoms with Crippen LogP contribution in [-0.2, 0) is 0 Å². The second-order valence-electron chi connectivity index (χ2n) is 6.41. The summed E-state index contributed by atoms with van der Waals surface area (Å²) in [6.07, 6.45) is 23.0. The molecule has 0 aromatic heterocycles. The second kappa shape index (κ2) is 15.8. The topological polar surface area (TPSA) is 0 Å². The average molecular weight is 267 g/mol. The first-order chi connectivity index (χ1) is 9.27. The summed E-state index contributed by atoms with van der Waals surface area (Å²) in [6.45, 7) is 6.92. The quantitative estimate of drug-likeness (QED) is 0.229. The first-order valence-electron chi connectivity index (χ1n) is 8.92. The van der Waals surface area contributed by atoms with Gasteiger partial charge in [-0.05, 0) is 25.2 Å². The van der Waals surface area contributed by atoms with Crippen LogP contribution >= 0.6 is 0 Å². The Bertz CT molecular complexity index is 178. The van der Waals surface area contributed by atoms with E-state index in [-0.39, 0.29) is 0 Å². The standard InChI is InChI=1S/C19H38/c1-4-5-6-7-8-9-10-11-12-13-14-15-16-17-18-19(2)3/h7-8,19H,4-6,9-18H2,1-3H3/b8-7-. The molecule has 0 unspecified atom stereocenters. The van der Waals surface area contributed by atoms with E-state index in [0.717, 1.165) is 5.92 Å². The minimum atomic E-state index is 0.894. The molecule has 0 spiro atoms. The Morgan fingerprint density at radius 3 is 1.63 bits per heavy atom. The number of unbranched alkanes of at least 4 members (excludes halogenated alkanes) is 10. The zero-order valence-electron chi connectivity index (χ0n) is 13.9. The highest BCUT2D eigenvalue weighted by atomic mass is 14.0. The third-order valence-corrected chi connectivity index (χ3v) is 3.79. The highest BCUT2D eigenvalue weighted by Crippen LogP contribution is 2.13. The molecule has 0 aliphatic rings. The Hall–Kier alpha value is -0.260. The van der Waals surface area contributed by atoms with Gasteiger partial charge in [0.25, 0.3) is 0 Å². The largest absolute Gasteiger partial charge is 0.0885 e. The fourth-order valence-electron chi connectivity index (χ4n) is 2.43. The van der Waals surface area contributed by atoms with Gasteiger partial charge in [0.15, 0.2) is 0 Å². The number of rotatable bonds is 14. The summed E-state index contributed by atoms with van der Waals surface area (Å²) in [7, 11) is 0. The van der Waals surface area contributed by atoms with Gasteiger partial charge in [-0.2, -0.15) is 0 Å². The lowest BCUT2D eigenvalue weighted by Crippen LogP contribution is -1.87. The fraction of sp³-hybridized carbons (Fsp3) is 0.895. The normalized spacial score (nSPS) is 11.8. The lowest BCUT2D eigenvalue weighted by atomic mass is 10.0. The van der Waals surface area contributed by atoms with Crippen molar-refractivity contribution in [3.63, 3.8) is 0 Å². The molecule has 0 N–H and O–H groups in total. The number of hydrogen-bond donors (Lipinski definition) is 0. The van der Waals surface area contributed by atoms with Crippen LogP contribution < -0.4 is 0 Å². The van der Waals surface area contributed by atoms with E-state index in [1.54, 1.807) is 0 Å². The van der Waals surface area contributed by atoms with Crippen LogP contribution in [0.1, 0.15) is 104 Å². The molecule has 0 atom stereocenters. The van der Waals surface area contributed by atoms with Gasteiger partial charge in [0.1, 0.15) is 0 Å². The molecule has 0 aromatic carbocycles. The molecular formula is C19H38. The van der Waals surface area contributed by atoms with Crippen LogP contribution in [0.25, 0.3) is 0 Å². The van der Waals surface area contributed by atoms with Crippen LogP contribution in [0.5, 0.6) is 0 Å². The summed E-state index contributed by atoms with van der Waals surface area (Å²) in [6, 6.07) is 0. The van der Waals surface area contributed by atoms with Crippen molar-refractivity contribution in [3.05, 3.63) is 12.2 Å². The highest BCUT2D eigenvalue weighted by molar-refractivity contribution is 4.81. The zero-order chi connectivity index (χ0) is 14.2. The number of allylic oxidation sites excluding steroid dienone is 2. The molecule has 0 heteroatoms. The van der Waals surface area contributed by atoms with Gasteiger partial charge >= 0.3 is 0 Å². The van der Waals surface area contributed by atoms with Crippen molar-refractivity contribution in [2.45, 2.75) is 104 Å². The summed E-state index contributed by atoms with van der Waals surface area (Å²) in [5, 5.41) is 0. The van der Waals surface area contributed by atoms with Crippen molar-refractivity contribution >= 4 is 0 Å². The molecule has 19 heavy (non-hydrogen) atoms. The van der Waals surface area contributed by atoms with Gasteiger partial charge in [-0.25, -0.2) is 0 Å². The first kappa shape index (κ1) is 18.7. The molecule has 0 aliphatic carbocycles. The van der Waals surface area contributed by atoms with E-state index in [0.29, 0.717) is 0 Å². The maximum atomic E-state index is 2.39. The van der Waals surface area contributed by atoms with Crippen molar-refractivity contribution in [2.75, 3.05) is 0 Å². The van der Waals surface area contributed by atoms with Crippen molar-refractivity contribution in [2.24, 2.45) is 5.92 Å². The molecule has 0 saturated carbocycles. The molecule has 114 valence electrons. The summed E-state index contributed by atoms with van der Waals surface area (Å²) in [5.74, 6) is 0.894. The van der Waals surface area contributed by atoms with E-state index in [2.05, 4.69) is 32.9 Å². The lowest BCUT2D eigenvalue weighted by Gasteiger charge is -2.04. The molecule has 0 fully saturated rings. The summed E-state index contributed by atoms with van der Waals surface area (Å²) in [4.78, 5) is 0. The van der Waals surface area contributed by atoms with E-state index in [4.69, 9.17) is 0 Å². The first-order valence-corrected chi connectivity index (χ1v) is 8.92. The van der Waals surface area contributed by atoms with Crippen molar-refractivity contribution in [1.29, 1.82) is 0 Å². The van der Waals surface area contributed by atoms with Crippen molar-refractivity contribution in [3.8, 4) is 0 Å². The molecule has 0 amide bonds. The fourth-order valence-corrected chi connectivity index (χ4v) is 2.43. The maximum Gasteiger partial charge on any atom is -0.0351 e. The van der Waals surface area contributed by atoms with E-state index < -0.39 is 0 Å². The van der Waals surface area contributed by atoms with Gasteiger partial charge in [-0.15, -0.1) is 0 Å². The Kier molecular flexibility index (Phi) is 15.6. The Morgan fingerprint density at radius 1 is 0.632 bits per heavy atom. The zero-order valence-corrected chi connectivity index (χ0v) is 13.9. The van der Waals surface area contributed by atoms with Gasteiger partial charge in [0.05, 0.1) is 0 Å². The monoisotopic (exact) mass is 266 g/mol. The minimum absolute atomic E-state index is 0.894. The van der Waals surface area contributed by atoms with Gasteiger partial charge < -0.3 is 0 Å². The SMILES string of the molecule is CCCC/C=C\CCCCCCCCCCC(C)C. The number of hydrogen-bond acceptors (Lipinski definition) is 0. The van der Waals surface area contributed by atoms with Crippen LogP contribution in [0.15, 0.2) is 12.2 Å². The van der Waals surface area contributed by atoms with E-state index in [1.165, 1.54) is 83.5 Å². The lowest BCUT2D eigenvalue weighted by molar-refractivity contribution is 0.507. The van der Waals surface area contributed by atoms with Crippen molar-refractivity contribution in [1.82, 2.24) is 0 Å². The van der Waals surface area contributed by atoms with Gasteiger partial charge in [0.2, 0.25) is 0 Å². The Morgan fingerprint density at radius 2 is 1.11 bits per heavy atom. The Balaban J connectivity index is 3.01. The Labute approximate surface area is 123 Å². The molecule has 0 saturated heterocycles. The molecule has 0 rings (SSSR count). The summed E-state index contributed by atoms with van der Waals surface area (Å²) >= 11 is 0. The smallest absolute Gasteiger partial charge is 0.0351 e. The molecular weight excluding hydrogens is 228 g/mol. The second-order valence-corrected chi connectivity index (χ2v) is 6.41. The van der Waals surface area contributed by atoms with E-state index >= 15 is 0 Å². The van der Waals surface area contributed by atoms with Crippen LogP contribution in [0.4, 0.5) is 0 Å². The summed E-state index contributed by atoms with van der Waals surface area (Å²) in [5.41, 5.74) is 0. The minimum Gasteiger partial charge on any atom is -0.0885 e. The van der Waals surface area contributed by atoms with Crippen LogP contribution in [0.3, 0.4) is 0 Å². The predicted molar refractivity (Wildman–Crippen MR) is 89.7 cm³/mol. The molecule has 0 bridgehead atoms. The average Bonchev–Trinajstić information content (AvgIpc) is 2.39. The molecule has 0 heterocycles. The van der Waals surface area contributed by atoms with E-state index in [1.807, 2.05) is 0 Å². The van der Waals surface area contributed by atoms with Gasteiger partial charge in [-0.1, -0.05) is 97.1 Å². The van der Waals surface area contributed by atoms with Gasteiger partial charge in [0, 0.05) is 0 Å². The van der Waals surface area contributed by atoms with Crippen LogP contribution in [-0.4, -0.2) is 0 Å². The van der Waals surface area contributed by atoms with Crippen LogP contribution in [0, 0.1) is 5.92 Å². The molecule has 0 aliphatic heterocycles. The molecule has 0 nitrogen and oxygen atoms in total. The predicted octanol–water partition coefficient (Wildman–Crippen LogP) is 7.29. The maximum absolute atomic E-state index is 2.39. The van der Waals surface area contributed by atoms with E-state index in [9.17, 15) is 0 Å². The molecule has 0 aromatic rings. The van der Waals surface area contributed by atoms with Crippen molar-refractivity contribution < 1.29 is 0 Å². The summed E-state index contributed by atoms with van der Waals surface area (Å²) < 4.78 is 0. The third-order valence-electron chi connectivity index (χ3n) is 3.79. The van der Waals surface area contributed by atoms with Crippen LogP contribution in [0.2, 0.25) is 0 Å². The van der Waals surface area contributed by atoms with Gasteiger partial charge in [-0.3, -0.25) is 0 Å². The highest BCUT2D eigenvalue weighted by Gasteiger charge is 1.94.